The van der Waals surface area contributed by atoms with Crippen LogP contribution >= 0.6 is 0 Å². The lowest BCUT2D eigenvalue weighted by Gasteiger charge is -2.30. The van der Waals surface area contributed by atoms with Gasteiger partial charge in [0, 0.05) is 12.1 Å². The predicted octanol–water partition coefficient (Wildman–Crippen LogP) is 6.74. The van der Waals surface area contributed by atoms with Gasteiger partial charge in [0.2, 0.25) is 5.91 Å². The second-order valence-corrected chi connectivity index (χ2v) is 10.2. The highest BCUT2D eigenvalue weighted by molar-refractivity contribution is 6.18. The van der Waals surface area contributed by atoms with E-state index in [-0.39, 0.29) is 23.6 Å². The maximum absolute atomic E-state index is 14.7. The summed E-state index contributed by atoms with van der Waals surface area (Å²) in [6.07, 6.45) is 3.39. The molecule has 6 heteroatoms. The summed E-state index contributed by atoms with van der Waals surface area (Å²) in [7, 11) is 0. The number of halogens is 1. The average Bonchev–Trinajstić information content (AvgIpc) is 2.98. The van der Waals surface area contributed by atoms with Gasteiger partial charge in [-0.15, -0.1) is 0 Å². The van der Waals surface area contributed by atoms with Crippen LogP contribution in [0.15, 0.2) is 66.7 Å². The fourth-order valence-corrected chi connectivity index (χ4v) is 5.10. The van der Waals surface area contributed by atoms with Gasteiger partial charge in [-0.1, -0.05) is 42.5 Å². The molecule has 3 aromatic rings. The minimum Gasteiger partial charge on any atom is -0.320 e. The Morgan fingerprint density at radius 3 is 2.22 bits per heavy atom. The number of carbonyl (C=O) groups is 2. The Hall–Kier alpha value is -3.51. The van der Waals surface area contributed by atoms with Crippen LogP contribution in [0.25, 0.3) is 0 Å². The van der Waals surface area contributed by atoms with Crippen LogP contribution < -0.4 is 10.2 Å². The third-order valence-corrected chi connectivity index (χ3v) is 6.94. The number of para-hydroxylation sites is 2. The highest BCUT2D eigenvalue weighted by atomic mass is 19.1. The van der Waals surface area contributed by atoms with Gasteiger partial charge in [0.1, 0.15) is 5.82 Å². The van der Waals surface area contributed by atoms with Crippen LogP contribution in [0.3, 0.4) is 0 Å². The fourth-order valence-electron chi connectivity index (χ4n) is 5.10. The predicted molar refractivity (Wildman–Crippen MR) is 148 cm³/mol. The molecule has 1 aliphatic heterocycles. The number of nitrogens with one attached hydrogen (secondary N) is 1. The van der Waals surface area contributed by atoms with Crippen molar-refractivity contribution < 1.29 is 14.0 Å². The molecular formula is C31H36FN3O2. The van der Waals surface area contributed by atoms with E-state index in [9.17, 15) is 14.0 Å². The first-order chi connectivity index (χ1) is 17.8. The van der Waals surface area contributed by atoms with Gasteiger partial charge < -0.3 is 5.32 Å². The Kier molecular flexibility index (Phi) is 8.39. The number of aryl methyl sites for hydroxylation is 1. The van der Waals surface area contributed by atoms with Crippen LogP contribution in [0.2, 0.25) is 0 Å². The first-order valence-corrected chi connectivity index (χ1v) is 13.1. The SMILES string of the molecule is CC(C)N(CCCCc1ccc(CC(=O)N2c3ccccc3NC(=O)c3c(F)cccc32)cc1)C(C)C. The Morgan fingerprint density at radius 2 is 1.51 bits per heavy atom. The number of anilines is 3. The molecule has 0 spiro atoms. The Morgan fingerprint density at radius 1 is 0.865 bits per heavy atom. The summed E-state index contributed by atoms with van der Waals surface area (Å²) >= 11 is 0. The zero-order chi connectivity index (χ0) is 26.5. The molecule has 2 amide bonds. The van der Waals surface area contributed by atoms with E-state index in [2.05, 4.69) is 50.0 Å². The van der Waals surface area contributed by atoms with E-state index in [0.29, 0.717) is 23.5 Å². The number of hydrogen-bond acceptors (Lipinski definition) is 3. The third-order valence-electron chi connectivity index (χ3n) is 6.94. The molecule has 0 aliphatic carbocycles. The Bertz CT molecular complexity index is 1250. The van der Waals surface area contributed by atoms with Crippen LogP contribution in [0.5, 0.6) is 0 Å². The van der Waals surface area contributed by atoms with Gasteiger partial charge in [-0.2, -0.15) is 0 Å². The van der Waals surface area contributed by atoms with Gasteiger partial charge in [0.05, 0.1) is 29.0 Å². The van der Waals surface area contributed by atoms with Crippen LogP contribution in [0, 0.1) is 5.82 Å². The van der Waals surface area contributed by atoms with E-state index in [1.54, 1.807) is 30.3 Å². The number of amides is 2. The first-order valence-electron chi connectivity index (χ1n) is 13.1. The number of nitrogens with zero attached hydrogens (tertiary/aromatic N) is 2. The van der Waals surface area contributed by atoms with Gasteiger partial charge in [-0.3, -0.25) is 19.4 Å². The standard InChI is InChI=1S/C31H36FN3O2/c1-21(2)34(22(3)4)19-8-7-10-23-15-17-24(18-16-23)20-29(36)35-27-13-6-5-12-26(27)33-31(37)30-25(32)11-9-14-28(30)35/h5-6,9,11-18,21-22H,7-8,10,19-20H2,1-4H3,(H,33,37). The lowest BCUT2D eigenvalue weighted by atomic mass is 10.0. The fraction of sp³-hybridized carbons (Fsp3) is 0.355. The number of benzene rings is 3. The van der Waals surface area contributed by atoms with Crippen molar-refractivity contribution in [3.05, 3.63) is 89.2 Å². The number of hydrogen-bond donors (Lipinski definition) is 1. The monoisotopic (exact) mass is 501 g/mol. The molecule has 1 N–H and O–H groups in total. The highest BCUT2D eigenvalue weighted by Gasteiger charge is 2.31. The summed E-state index contributed by atoms with van der Waals surface area (Å²) in [4.78, 5) is 30.3. The summed E-state index contributed by atoms with van der Waals surface area (Å²) in [5, 5.41) is 2.74. The van der Waals surface area contributed by atoms with Crippen molar-refractivity contribution in [3.63, 3.8) is 0 Å². The van der Waals surface area contributed by atoms with E-state index >= 15 is 0 Å². The Balaban J connectivity index is 1.46. The summed E-state index contributed by atoms with van der Waals surface area (Å²) < 4.78 is 14.7. The van der Waals surface area contributed by atoms with E-state index in [1.165, 1.54) is 22.6 Å². The lowest BCUT2D eigenvalue weighted by molar-refractivity contribution is -0.117. The molecule has 0 saturated carbocycles. The van der Waals surface area contributed by atoms with Crippen LogP contribution in [-0.4, -0.2) is 35.3 Å². The minimum atomic E-state index is -0.658. The summed E-state index contributed by atoms with van der Waals surface area (Å²) in [5.74, 6) is -1.45. The van der Waals surface area contributed by atoms with Crippen molar-refractivity contribution in [1.29, 1.82) is 0 Å². The Labute approximate surface area is 219 Å². The lowest BCUT2D eigenvalue weighted by Crippen LogP contribution is -2.37. The molecule has 1 heterocycles. The first kappa shape index (κ1) is 26.6. The van der Waals surface area contributed by atoms with Crippen LogP contribution in [0.4, 0.5) is 21.5 Å². The summed E-state index contributed by atoms with van der Waals surface area (Å²) in [6, 6.07) is 20.6. The molecule has 4 rings (SSSR count). The molecule has 0 unspecified atom stereocenters. The van der Waals surface area contributed by atoms with Crippen LogP contribution in [-0.2, 0) is 17.6 Å². The minimum absolute atomic E-state index is 0.129. The topological polar surface area (TPSA) is 52.7 Å². The maximum Gasteiger partial charge on any atom is 0.260 e. The van der Waals surface area contributed by atoms with Crippen molar-refractivity contribution >= 4 is 28.9 Å². The molecule has 194 valence electrons. The molecule has 37 heavy (non-hydrogen) atoms. The largest absolute Gasteiger partial charge is 0.320 e. The number of fused-ring (bicyclic) bond motifs is 2. The third kappa shape index (κ3) is 6.08. The molecule has 0 saturated heterocycles. The van der Waals surface area contributed by atoms with Gasteiger partial charge in [0.25, 0.3) is 5.91 Å². The highest BCUT2D eigenvalue weighted by Crippen LogP contribution is 2.39. The molecule has 5 nitrogen and oxygen atoms in total. The van der Waals surface area contributed by atoms with E-state index in [0.717, 1.165) is 31.4 Å². The van der Waals surface area contributed by atoms with Crippen molar-refractivity contribution in [3.8, 4) is 0 Å². The maximum atomic E-state index is 14.7. The second kappa shape index (κ2) is 11.7. The molecule has 0 fully saturated rings. The summed E-state index contributed by atoms with van der Waals surface area (Å²) in [6.45, 7) is 10.1. The molecule has 3 aromatic carbocycles. The smallest absolute Gasteiger partial charge is 0.260 e. The molecule has 1 aliphatic rings. The second-order valence-electron chi connectivity index (χ2n) is 10.2. The molecule has 0 bridgehead atoms. The van der Waals surface area contributed by atoms with Gasteiger partial charge in [-0.25, -0.2) is 4.39 Å². The van der Waals surface area contributed by atoms with Crippen LogP contribution in [0.1, 0.15) is 62.0 Å². The van der Waals surface area contributed by atoms with Gasteiger partial charge in [0.15, 0.2) is 0 Å². The molecule has 0 atom stereocenters. The zero-order valence-corrected chi connectivity index (χ0v) is 22.1. The number of rotatable bonds is 9. The van der Waals surface area contributed by atoms with E-state index < -0.39 is 11.7 Å². The zero-order valence-electron chi connectivity index (χ0n) is 22.1. The molecule has 0 aromatic heterocycles. The summed E-state index contributed by atoms with van der Waals surface area (Å²) in [5.41, 5.74) is 3.24. The molecule has 0 radical (unpaired) electrons. The number of carbonyl (C=O) groups excluding carboxylic acids is 2. The molecular weight excluding hydrogens is 465 g/mol. The normalized spacial score (nSPS) is 13.0. The van der Waals surface area contributed by atoms with Crippen molar-refractivity contribution in [2.24, 2.45) is 0 Å². The van der Waals surface area contributed by atoms with E-state index in [1.807, 2.05) is 12.1 Å². The average molecular weight is 502 g/mol. The van der Waals surface area contributed by atoms with Crippen molar-refractivity contribution in [1.82, 2.24) is 4.90 Å². The van der Waals surface area contributed by atoms with E-state index in [4.69, 9.17) is 0 Å². The van der Waals surface area contributed by atoms with Gasteiger partial charge in [-0.05, 0) is 88.9 Å². The number of unbranched alkanes of at least 4 members (excludes halogenated alkanes) is 1. The van der Waals surface area contributed by atoms with Crippen molar-refractivity contribution in [2.45, 2.75) is 65.5 Å². The van der Waals surface area contributed by atoms with Gasteiger partial charge >= 0.3 is 0 Å². The van der Waals surface area contributed by atoms with Crippen molar-refractivity contribution in [2.75, 3.05) is 16.8 Å². The quantitative estimate of drug-likeness (QED) is 0.330.